The number of fused-ring (bicyclic) bond motifs is 1. The summed E-state index contributed by atoms with van der Waals surface area (Å²) in [6, 6.07) is 5.57. The van der Waals surface area contributed by atoms with Crippen molar-refractivity contribution in [2.24, 2.45) is 0 Å². The molecule has 1 aromatic carbocycles. The minimum absolute atomic E-state index is 0.172. The molecule has 0 unspecified atom stereocenters. The van der Waals surface area contributed by atoms with Gasteiger partial charge in [-0.25, -0.2) is 0 Å². The fourth-order valence-electron chi connectivity index (χ4n) is 0.921. The topological polar surface area (TPSA) is 26.0 Å². The van der Waals surface area contributed by atoms with Crippen molar-refractivity contribution in [3.63, 3.8) is 0 Å². The average Bonchev–Trinajstić information content (AvgIpc) is 2.31. The van der Waals surface area contributed by atoms with Crippen LogP contribution in [-0.4, -0.2) is 15.2 Å². The van der Waals surface area contributed by atoms with Gasteiger partial charge in [-0.2, -0.15) is 4.98 Å². The summed E-state index contributed by atoms with van der Waals surface area (Å²) < 4.78 is 5.07. The number of hydrogen-bond acceptors (Lipinski definition) is 2. The van der Waals surface area contributed by atoms with Gasteiger partial charge in [-0.15, -0.1) is 0 Å². The minimum atomic E-state index is 0.172. The Morgan fingerprint density at radius 3 is 3.00 bits per heavy atom. The Morgan fingerprint density at radius 1 is 1.45 bits per heavy atom. The first-order valence-corrected chi connectivity index (χ1v) is 3.92. The lowest BCUT2D eigenvalue weighted by Crippen LogP contribution is -2.01. The lowest BCUT2D eigenvalue weighted by molar-refractivity contribution is 0.604. The number of aromatic nitrogens is 1. The molecule has 0 aliphatic heterocycles. The van der Waals surface area contributed by atoms with Crippen LogP contribution < -0.4 is 5.19 Å². The van der Waals surface area contributed by atoms with Gasteiger partial charge >= 0.3 is 0 Å². The van der Waals surface area contributed by atoms with E-state index in [1.165, 1.54) is 0 Å². The molecule has 0 saturated carbocycles. The van der Waals surface area contributed by atoms with Crippen molar-refractivity contribution in [3.05, 3.63) is 23.5 Å². The first kappa shape index (κ1) is 6.88. The van der Waals surface area contributed by atoms with E-state index in [1.807, 2.05) is 18.2 Å². The van der Waals surface area contributed by atoms with E-state index in [0.29, 0.717) is 5.58 Å². The predicted molar refractivity (Wildman–Crippen MR) is 44.4 cm³/mol. The molecule has 2 nitrogen and oxygen atoms in total. The highest BCUT2D eigenvalue weighted by molar-refractivity contribution is 6.38. The molecule has 0 atom stereocenters. The Balaban J connectivity index is 2.90. The molecule has 0 aliphatic carbocycles. The van der Waals surface area contributed by atoms with Crippen LogP contribution in [0.5, 0.6) is 0 Å². The maximum atomic E-state index is 5.56. The van der Waals surface area contributed by atoms with E-state index in [0.717, 1.165) is 10.7 Å². The summed E-state index contributed by atoms with van der Waals surface area (Å²) in [6.45, 7) is 0. The molecular weight excluding hydrogens is 178 g/mol. The summed E-state index contributed by atoms with van der Waals surface area (Å²) in [5.41, 5.74) is 1.46. The predicted octanol–water partition coefficient (Wildman–Crippen LogP) is 1.27. The number of nitrogens with zero attached hydrogens (tertiary/aromatic N) is 1. The molecule has 11 heavy (non-hydrogen) atoms. The standard InChI is InChI=1S/C7H3ClNOSi/c8-7-9-6-4(10-7)2-1-3-5(6)11/h1-3H. The number of para-hydroxylation sites is 1. The Labute approximate surface area is 71.6 Å². The van der Waals surface area contributed by atoms with Crippen LogP contribution in [0, 0.1) is 0 Å². The maximum absolute atomic E-state index is 5.56. The molecule has 0 aliphatic rings. The molecule has 0 N–H and O–H groups in total. The Hall–Kier alpha value is -0.803. The van der Waals surface area contributed by atoms with Gasteiger partial charge in [0.1, 0.15) is 5.52 Å². The fraction of sp³-hybridized carbons (Fsp3) is 0. The van der Waals surface area contributed by atoms with Gasteiger partial charge in [0.2, 0.25) is 0 Å². The van der Waals surface area contributed by atoms with Gasteiger partial charge in [-0.05, 0) is 22.9 Å². The molecule has 3 radical (unpaired) electrons. The number of hydrogen-bond donors (Lipinski definition) is 0. The molecule has 53 valence electrons. The van der Waals surface area contributed by atoms with Gasteiger partial charge in [0.25, 0.3) is 5.35 Å². The molecule has 1 aromatic heterocycles. The largest absolute Gasteiger partial charge is 0.428 e. The maximum Gasteiger partial charge on any atom is 0.293 e. The van der Waals surface area contributed by atoms with E-state index in [4.69, 9.17) is 16.0 Å². The Kier molecular flexibility index (Phi) is 1.47. The van der Waals surface area contributed by atoms with Crippen LogP contribution in [0.25, 0.3) is 11.1 Å². The van der Waals surface area contributed by atoms with Gasteiger partial charge in [0, 0.05) is 0 Å². The fourth-order valence-corrected chi connectivity index (χ4v) is 1.36. The van der Waals surface area contributed by atoms with Crippen molar-refractivity contribution in [1.82, 2.24) is 4.98 Å². The minimum Gasteiger partial charge on any atom is -0.428 e. The smallest absolute Gasteiger partial charge is 0.293 e. The van der Waals surface area contributed by atoms with Gasteiger partial charge in [-0.3, -0.25) is 0 Å². The van der Waals surface area contributed by atoms with E-state index < -0.39 is 0 Å². The zero-order valence-electron chi connectivity index (χ0n) is 5.47. The van der Waals surface area contributed by atoms with Crippen LogP contribution >= 0.6 is 11.6 Å². The Bertz CT molecular complexity index is 398. The molecule has 0 bridgehead atoms. The van der Waals surface area contributed by atoms with Crippen LogP contribution in [0.3, 0.4) is 0 Å². The average molecular weight is 181 g/mol. The van der Waals surface area contributed by atoms with E-state index in [1.54, 1.807) is 0 Å². The van der Waals surface area contributed by atoms with Crippen LogP contribution in [0.1, 0.15) is 0 Å². The molecule has 4 heteroatoms. The zero-order chi connectivity index (χ0) is 7.84. The summed E-state index contributed by atoms with van der Waals surface area (Å²) in [5, 5.41) is 1.06. The molecule has 0 spiro atoms. The van der Waals surface area contributed by atoms with Crippen molar-refractivity contribution in [3.8, 4) is 0 Å². The molecule has 0 amide bonds. The third kappa shape index (κ3) is 1.06. The molecule has 0 fully saturated rings. The van der Waals surface area contributed by atoms with E-state index in [-0.39, 0.29) is 5.35 Å². The lowest BCUT2D eigenvalue weighted by atomic mass is 10.3. The van der Waals surface area contributed by atoms with Crippen molar-refractivity contribution in [2.45, 2.75) is 0 Å². The summed E-state index contributed by atoms with van der Waals surface area (Å²) in [4.78, 5) is 3.96. The van der Waals surface area contributed by atoms with Crippen molar-refractivity contribution >= 4 is 38.1 Å². The first-order valence-electron chi connectivity index (χ1n) is 3.04. The molecular formula is C7H3ClNOSi. The molecule has 2 rings (SSSR count). The number of oxazole rings is 1. The SMILES string of the molecule is [Si]c1cccc2oc(Cl)nc12. The van der Waals surface area contributed by atoms with Crippen LogP contribution in [0.4, 0.5) is 0 Å². The summed E-state index contributed by atoms with van der Waals surface area (Å²) in [6.07, 6.45) is 0. The van der Waals surface area contributed by atoms with Gasteiger partial charge in [-0.1, -0.05) is 12.1 Å². The molecule has 2 aromatic rings. The second-order valence-corrected chi connectivity index (χ2v) is 2.98. The monoisotopic (exact) mass is 180 g/mol. The Morgan fingerprint density at radius 2 is 2.27 bits per heavy atom. The van der Waals surface area contributed by atoms with E-state index in [2.05, 4.69) is 15.2 Å². The normalized spacial score (nSPS) is 10.7. The number of halogens is 1. The third-order valence-corrected chi connectivity index (χ3v) is 1.96. The summed E-state index contributed by atoms with van der Waals surface area (Å²) in [5.74, 6) is 0. The van der Waals surface area contributed by atoms with Crippen LogP contribution in [-0.2, 0) is 0 Å². The highest BCUT2D eigenvalue weighted by Crippen LogP contribution is 2.15. The molecule has 1 heterocycles. The quantitative estimate of drug-likeness (QED) is 0.571. The van der Waals surface area contributed by atoms with Crippen molar-refractivity contribution in [1.29, 1.82) is 0 Å². The first-order chi connectivity index (χ1) is 5.27. The van der Waals surface area contributed by atoms with Crippen LogP contribution in [0.15, 0.2) is 22.6 Å². The van der Waals surface area contributed by atoms with Crippen molar-refractivity contribution in [2.75, 3.05) is 0 Å². The highest BCUT2D eigenvalue weighted by Gasteiger charge is 2.03. The zero-order valence-corrected chi connectivity index (χ0v) is 7.22. The molecule has 0 saturated heterocycles. The van der Waals surface area contributed by atoms with Gasteiger partial charge < -0.3 is 4.42 Å². The van der Waals surface area contributed by atoms with Gasteiger partial charge in [0.05, 0.1) is 10.2 Å². The second-order valence-electron chi connectivity index (χ2n) is 2.12. The van der Waals surface area contributed by atoms with E-state index >= 15 is 0 Å². The second kappa shape index (κ2) is 2.36. The van der Waals surface area contributed by atoms with Crippen LogP contribution in [0.2, 0.25) is 5.35 Å². The summed E-state index contributed by atoms with van der Waals surface area (Å²) >= 11 is 5.56. The van der Waals surface area contributed by atoms with Gasteiger partial charge in [0.15, 0.2) is 5.58 Å². The summed E-state index contributed by atoms with van der Waals surface area (Å²) in [7, 11) is 3.38. The highest BCUT2D eigenvalue weighted by atomic mass is 35.5. The van der Waals surface area contributed by atoms with Crippen molar-refractivity contribution < 1.29 is 4.42 Å². The third-order valence-electron chi connectivity index (χ3n) is 1.39. The number of benzene rings is 1. The van der Waals surface area contributed by atoms with E-state index in [9.17, 15) is 0 Å². The lowest BCUT2D eigenvalue weighted by Gasteiger charge is -1.88. The number of rotatable bonds is 0.